The van der Waals surface area contributed by atoms with Crippen molar-refractivity contribution in [1.82, 2.24) is 5.06 Å². The van der Waals surface area contributed by atoms with Crippen LogP contribution in [0.25, 0.3) is 0 Å². The molecule has 1 saturated heterocycles. The van der Waals surface area contributed by atoms with Crippen molar-refractivity contribution >= 4 is 7.85 Å². The molecule has 1 aliphatic rings. The van der Waals surface area contributed by atoms with Crippen molar-refractivity contribution in [3.05, 3.63) is 0 Å². The number of hydroxylamine groups is 2. The van der Waals surface area contributed by atoms with Gasteiger partial charge in [-0.2, -0.15) is 5.06 Å². The highest BCUT2D eigenvalue weighted by Gasteiger charge is 2.52. The molecule has 0 saturated carbocycles. The number of likely N-dealkylation sites (N-methyl/N-ethyl adjacent to an activating group) is 1. The predicted octanol–water partition coefficient (Wildman–Crippen LogP) is -1.83. The first-order chi connectivity index (χ1) is 6.48. The summed E-state index contributed by atoms with van der Waals surface area (Å²) in [4.78, 5) is 0. The highest BCUT2D eigenvalue weighted by molar-refractivity contribution is 6.11. The second kappa shape index (κ2) is 4.16. The molecule has 0 aromatic rings. The Hall–Kier alpha value is -0.135. The van der Waals surface area contributed by atoms with Crippen LogP contribution < -0.4 is 0 Å². The predicted molar refractivity (Wildman–Crippen MR) is 52.9 cm³/mol. The summed E-state index contributed by atoms with van der Waals surface area (Å²) in [5.41, 5.74) is -0.929. The van der Waals surface area contributed by atoms with E-state index < -0.39 is 17.7 Å². The molecule has 0 spiro atoms. The Morgan fingerprint density at radius 2 is 2.14 bits per heavy atom. The molecular weight excluding hydrogens is 185 g/mol. The lowest BCUT2D eigenvalue weighted by Gasteiger charge is -2.30. The van der Waals surface area contributed by atoms with Crippen LogP contribution in [-0.2, 0) is 4.74 Å². The van der Waals surface area contributed by atoms with Crippen LogP contribution in [0.2, 0.25) is 0 Å². The summed E-state index contributed by atoms with van der Waals surface area (Å²) < 4.78 is 5.53. The third-order valence-corrected chi connectivity index (χ3v) is 3.06. The zero-order chi connectivity index (χ0) is 10.9. The van der Waals surface area contributed by atoms with Crippen molar-refractivity contribution in [2.75, 3.05) is 13.7 Å². The topological polar surface area (TPSA) is 73.2 Å². The van der Waals surface area contributed by atoms with Crippen molar-refractivity contribution in [2.24, 2.45) is 0 Å². The first-order valence-corrected chi connectivity index (χ1v) is 4.87. The molecule has 5 nitrogen and oxygen atoms in total. The summed E-state index contributed by atoms with van der Waals surface area (Å²) in [5, 5.41) is 29.4. The Balaban J connectivity index is 2.87. The van der Waals surface area contributed by atoms with Crippen molar-refractivity contribution in [3.8, 4) is 0 Å². The number of nitrogens with zero attached hydrogens (tertiary/aromatic N) is 1. The van der Waals surface area contributed by atoms with Gasteiger partial charge in [-0.15, -0.1) is 0 Å². The molecule has 1 aliphatic heterocycles. The number of hydrogen-bond donors (Lipinski definition) is 3. The van der Waals surface area contributed by atoms with Gasteiger partial charge < -0.3 is 20.2 Å². The summed E-state index contributed by atoms with van der Waals surface area (Å²) in [6, 6.07) is -0.783. The van der Waals surface area contributed by atoms with E-state index in [2.05, 4.69) is 0 Å². The van der Waals surface area contributed by atoms with Gasteiger partial charge in [0.1, 0.15) is 19.6 Å². The van der Waals surface area contributed by atoms with E-state index in [1.807, 2.05) is 6.92 Å². The summed E-state index contributed by atoms with van der Waals surface area (Å²) >= 11 is 0. The van der Waals surface area contributed by atoms with Crippen LogP contribution in [0.15, 0.2) is 0 Å². The van der Waals surface area contributed by atoms with E-state index in [9.17, 15) is 15.4 Å². The van der Waals surface area contributed by atoms with Crippen LogP contribution in [0, 0.1) is 0 Å². The molecule has 1 heterocycles. The molecule has 0 radical (unpaired) electrons. The maximum absolute atomic E-state index is 9.95. The van der Waals surface area contributed by atoms with Crippen molar-refractivity contribution in [3.63, 3.8) is 0 Å². The molecule has 0 bridgehead atoms. The van der Waals surface area contributed by atoms with Gasteiger partial charge in [0.15, 0.2) is 0 Å². The van der Waals surface area contributed by atoms with E-state index >= 15 is 0 Å². The molecule has 0 aromatic carbocycles. The molecule has 0 amide bonds. The number of aliphatic hydroxyl groups is 2. The number of hydrogen-bond acceptors (Lipinski definition) is 5. The maximum Gasteiger partial charge on any atom is 0.141 e. The summed E-state index contributed by atoms with van der Waals surface area (Å²) in [5.74, 6) is 0. The van der Waals surface area contributed by atoms with E-state index in [0.717, 1.165) is 5.06 Å². The van der Waals surface area contributed by atoms with Crippen LogP contribution in [0.3, 0.4) is 0 Å². The Bertz CT molecular complexity index is 198. The van der Waals surface area contributed by atoms with Crippen LogP contribution >= 0.6 is 0 Å². The van der Waals surface area contributed by atoms with Crippen LogP contribution in [0.1, 0.15) is 13.3 Å². The molecule has 3 N–H and O–H groups in total. The van der Waals surface area contributed by atoms with Gasteiger partial charge in [0.25, 0.3) is 0 Å². The van der Waals surface area contributed by atoms with Gasteiger partial charge in [-0.3, -0.25) is 0 Å². The molecule has 1 rings (SSSR count). The summed E-state index contributed by atoms with van der Waals surface area (Å²) in [6.45, 7) is 1.60. The lowest BCUT2D eigenvalue weighted by molar-refractivity contribution is -0.135. The second-order valence-corrected chi connectivity index (χ2v) is 3.91. The normalized spacial score (nSPS) is 43.4. The molecule has 82 valence electrons. The quantitative estimate of drug-likeness (QED) is 0.371. The molecule has 4 atom stereocenters. The van der Waals surface area contributed by atoms with Gasteiger partial charge >= 0.3 is 0 Å². The molecular formula is C8H18BNO4. The number of rotatable bonds is 3. The van der Waals surface area contributed by atoms with E-state index in [-0.39, 0.29) is 12.6 Å². The summed E-state index contributed by atoms with van der Waals surface area (Å²) in [7, 11) is 3.24. The third kappa shape index (κ3) is 1.68. The van der Waals surface area contributed by atoms with Crippen molar-refractivity contribution in [1.29, 1.82) is 0 Å². The van der Waals surface area contributed by atoms with Crippen LogP contribution in [0.5, 0.6) is 0 Å². The highest BCUT2D eigenvalue weighted by atomic mass is 16.6. The average molecular weight is 203 g/mol. The first kappa shape index (κ1) is 11.9. The zero-order valence-electron chi connectivity index (χ0n) is 8.84. The van der Waals surface area contributed by atoms with E-state index in [4.69, 9.17) is 4.74 Å². The van der Waals surface area contributed by atoms with Gasteiger partial charge in [0.2, 0.25) is 0 Å². The minimum absolute atomic E-state index is 0.237. The lowest BCUT2D eigenvalue weighted by Crippen LogP contribution is -2.50. The molecule has 14 heavy (non-hydrogen) atoms. The Kier molecular flexibility index (Phi) is 3.55. The number of ether oxygens (including phenoxy) is 1. The van der Waals surface area contributed by atoms with E-state index in [0.29, 0.717) is 6.42 Å². The second-order valence-electron chi connectivity index (χ2n) is 3.91. The van der Waals surface area contributed by atoms with Gasteiger partial charge in [0, 0.05) is 13.1 Å². The Morgan fingerprint density at radius 1 is 1.57 bits per heavy atom. The van der Waals surface area contributed by atoms with Crippen LogP contribution in [-0.4, -0.2) is 65.7 Å². The molecule has 6 heteroatoms. The largest absolute Gasteiger partial charge is 0.393 e. The van der Waals surface area contributed by atoms with Gasteiger partial charge in [-0.1, -0.05) is 6.92 Å². The molecule has 0 aliphatic carbocycles. The highest BCUT2D eigenvalue weighted by Crippen LogP contribution is 2.34. The smallest absolute Gasteiger partial charge is 0.141 e. The Morgan fingerprint density at radius 3 is 2.36 bits per heavy atom. The van der Waals surface area contributed by atoms with Crippen LogP contribution in [0.4, 0.5) is 0 Å². The van der Waals surface area contributed by atoms with Gasteiger partial charge in [-0.05, 0) is 6.42 Å². The minimum atomic E-state index is -0.929. The first-order valence-electron chi connectivity index (χ1n) is 4.87. The summed E-state index contributed by atoms with van der Waals surface area (Å²) in [6.07, 6.45) is -0.359. The van der Waals surface area contributed by atoms with Crippen molar-refractivity contribution < 1.29 is 20.2 Å². The Labute approximate surface area is 84.6 Å². The average Bonchev–Trinajstić information content (AvgIpc) is 2.38. The lowest BCUT2D eigenvalue weighted by atomic mass is 9.86. The van der Waals surface area contributed by atoms with Gasteiger partial charge in [0.05, 0.1) is 12.6 Å². The van der Waals surface area contributed by atoms with Gasteiger partial charge in [-0.25, -0.2) is 0 Å². The fourth-order valence-corrected chi connectivity index (χ4v) is 2.12. The van der Waals surface area contributed by atoms with E-state index in [1.54, 1.807) is 7.85 Å². The zero-order valence-corrected chi connectivity index (χ0v) is 8.84. The molecule has 0 unspecified atom stereocenters. The standard InChI is InChI=1S/C8H18BNO4/c1-3-8(4-11)6(12)5(10(2)13)7(9)14-8/h5-7,11-13H,3-4,9H2,1-2H3/t5-,6+,7-,8-/m1/s1. The fourth-order valence-electron chi connectivity index (χ4n) is 2.12. The maximum atomic E-state index is 9.95. The molecule has 0 aromatic heterocycles. The SMILES string of the molecule is B[C@@H]1O[C@](CC)(CO)[C@@H](O)[C@H]1N(C)O. The third-order valence-electron chi connectivity index (χ3n) is 3.06. The minimum Gasteiger partial charge on any atom is -0.393 e. The number of aliphatic hydroxyl groups excluding tert-OH is 2. The fraction of sp³-hybridized carbons (Fsp3) is 1.00. The van der Waals surface area contributed by atoms with Crippen molar-refractivity contribution in [2.45, 2.75) is 37.1 Å². The van der Waals surface area contributed by atoms with E-state index in [1.165, 1.54) is 7.05 Å². The molecule has 1 fully saturated rings. The monoisotopic (exact) mass is 203 g/mol.